The molecule has 6 heteroatoms. The van der Waals surface area contributed by atoms with Crippen LogP contribution in [0.2, 0.25) is 0 Å². The molecule has 0 saturated heterocycles. The lowest BCUT2D eigenvalue weighted by Crippen LogP contribution is -2.18. The molecule has 162 valence electrons. The third-order valence-electron chi connectivity index (χ3n) is 5.46. The van der Waals surface area contributed by atoms with E-state index in [4.69, 9.17) is 9.47 Å². The zero-order valence-electron chi connectivity index (χ0n) is 18.5. The molecule has 0 aliphatic rings. The van der Waals surface area contributed by atoms with Gasteiger partial charge in [-0.1, -0.05) is 30.3 Å². The van der Waals surface area contributed by atoms with Crippen LogP contribution in [-0.4, -0.2) is 30.9 Å². The molecule has 3 aromatic carbocycles. The van der Waals surface area contributed by atoms with E-state index in [1.54, 1.807) is 20.4 Å². The number of hydrazone groups is 1. The number of rotatable bonds is 6. The summed E-state index contributed by atoms with van der Waals surface area (Å²) in [7, 11) is 3.21. The summed E-state index contributed by atoms with van der Waals surface area (Å²) in [5.74, 6) is 0.972. The number of methoxy groups -OCH3 is 2. The molecule has 1 N–H and O–H groups in total. The van der Waals surface area contributed by atoms with Crippen LogP contribution in [0.15, 0.2) is 71.8 Å². The summed E-state index contributed by atoms with van der Waals surface area (Å²) >= 11 is 0. The van der Waals surface area contributed by atoms with Gasteiger partial charge in [0.15, 0.2) is 0 Å². The van der Waals surface area contributed by atoms with E-state index >= 15 is 0 Å². The van der Waals surface area contributed by atoms with E-state index in [1.165, 1.54) is 0 Å². The molecule has 0 aliphatic carbocycles. The fraction of sp³-hybridized carbons (Fsp3) is 0.154. The number of nitrogens with zero attached hydrogens (tertiary/aromatic N) is 2. The SMILES string of the molecule is COc1cccc(-n2c(C)cc(C=NNC(=O)c3cc4ccccc4cc3OC)c2C)c1. The monoisotopic (exact) mass is 427 g/mol. The van der Waals surface area contributed by atoms with Crippen LogP contribution in [0.1, 0.15) is 27.3 Å². The maximum Gasteiger partial charge on any atom is 0.275 e. The lowest BCUT2D eigenvalue weighted by atomic mass is 10.1. The van der Waals surface area contributed by atoms with Gasteiger partial charge in [0.1, 0.15) is 11.5 Å². The molecular formula is C26H25N3O3. The van der Waals surface area contributed by atoms with E-state index in [2.05, 4.69) is 15.1 Å². The Morgan fingerprint density at radius 1 is 0.938 bits per heavy atom. The summed E-state index contributed by atoms with van der Waals surface area (Å²) in [6.45, 7) is 4.05. The second-order valence-corrected chi connectivity index (χ2v) is 7.46. The topological polar surface area (TPSA) is 64.8 Å². The van der Waals surface area contributed by atoms with E-state index in [0.29, 0.717) is 11.3 Å². The normalized spacial score (nSPS) is 11.1. The first-order valence-electron chi connectivity index (χ1n) is 10.3. The average molecular weight is 428 g/mol. The Balaban J connectivity index is 1.57. The van der Waals surface area contributed by atoms with Crippen molar-refractivity contribution in [3.05, 3.63) is 89.2 Å². The summed E-state index contributed by atoms with van der Waals surface area (Å²) in [5, 5.41) is 6.17. The molecule has 0 fully saturated rings. The van der Waals surface area contributed by atoms with Crippen molar-refractivity contribution >= 4 is 22.9 Å². The molecule has 0 aliphatic heterocycles. The molecular weight excluding hydrogens is 402 g/mol. The number of hydrogen-bond acceptors (Lipinski definition) is 4. The van der Waals surface area contributed by atoms with Crippen molar-refractivity contribution in [2.45, 2.75) is 13.8 Å². The number of amides is 1. The zero-order valence-corrected chi connectivity index (χ0v) is 18.5. The fourth-order valence-electron chi connectivity index (χ4n) is 3.85. The Labute approximate surface area is 187 Å². The van der Waals surface area contributed by atoms with Gasteiger partial charge in [-0.15, -0.1) is 0 Å². The van der Waals surface area contributed by atoms with Crippen LogP contribution in [0.5, 0.6) is 11.5 Å². The highest BCUT2D eigenvalue weighted by Gasteiger charge is 2.14. The number of aryl methyl sites for hydroxylation is 1. The maximum atomic E-state index is 12.8. The first-order valence-corrected chi connectivity index (χ1v) is 10.3. The molecule has 4 rings (SSSR count). The number of benzene rings is 3. The van der Waals surface area contributed by atoms with Crippen molar-refractivity contribution in [3.63, 3.8) is 0 Å². The summed E-state index contributed by atoms with van der Waals surface area (Å²) in [5.41, 5.74) is 7.04. The Morgan fingerprint density at radius 2 is 1.69 bits per heavy atom. The summed E-state index contributed by atoms with van der Waals surface area (Å²) < 4.78 is 12.9. The van der Waals surface area contributed by atoms with Gasteiger partial charge in [0.25, 0.3) is 5.91 Å². The number of hydrogen-bond donors (Lipinski definition) is 1. The molecule has 1 heterocycles. The second-order valence-electron chi connectivity index (χ2n) is 7.46. The van der Waals surface area contributed by atoms with E-state index < -0.39 is 0 Å². The molecule has 32 heavy (non-hydrogen) atoms. The number of nitrogens with one attached hydrogen (secondary N) is 1. The van der Waals surface area contributed by atoms with Gasteiger partial charge in [0.05, 0.1) is 26.0 Å². The van der Waals surface area contributed by atoms with Crippen molar-refractivity contribution in [2.24, 2.45) is 5.10 Å². The molecule has 0 spiro atoms. The minimum Gasteiger partial charge on any atom is -0.497 e. The maximum absolute atomic E-state index is 12.8. The van der Waals surface area contributed by atoms with Crippen LogP contribution in [0.3, 0.4) is 0 Å². The predicted octanol–water partition coefficient (Wildman–Crippen LogP) is 5.03. The van der Waals surface area contributed by atoms with Crippen LogP contribution in [0.4, 0.5) is 0 Å². The van der Waals surface area contributed by atoms with Gasteiger partial charge in [-0.25, -0.2) is 5.43 Å². The predicted molar refractivity (Wildman–Crippen MR) is 127 cm³/mol. The van der Waals surface area contributed by atoms with Gasteiger partial charge in [-0.05, 0) is 55.0 Å². The molecule has 0 radical (unpaired) electrons. The van der Waals surface area contributed by atoms with Crippen molar-refractivity contribution in [1.82, 2.24) is 9.99 Å². The van der Waals surface area contributed by atoms with Gasteiger partial charge < -0.3 is 14.0 Å². The average Bonchev–Trinajstić information content (AvgIpc) is 3.10. The molecule has 0 bridgehead atoms. The Morgan fingerprint density at radius 3 is 2.41 bits per heavy atom. The molecule has 1 aromatic heterocycles. The second kappa shape index (κ2) is 8.98. The lowest BCUT2D eigenvalue weighted by Gasteiger charge is -2.11. The molecule has 0 unspecified atom stereocenters. The van der Waals surface area contributed by atoms with E-state index in [1.807, 2.05) is 80.6 Å². The highest BCUT2D eigenvalue weighted by atomic mass is 16.5. The quantitative estimate of drug-likeness (QED) is 0.347. The fourth-order valence-corrected chi connectivity index (χ4v) is 3.85. The zero-order chi connectivity index (χ0) is 22.7. The first-order chi connectivity index (χ1) is 15.5. The lowest BCUT2D eigenvalue weighted by molar-refractivity contribution is 0.0952. The van der Waals surface area contributed by atoms with Crippen molar-refractivity contribution < 1.29 is 14.3 Å². The molecule has 1 amide bonds. The number of aromatic nitrogens is 1. The summed E-state index contributed by atoms with van der Waals surface area (Å²) in [4.78, 5) is 12.8. The van der Waals surface area contributed by atoms with Crippen molar-refractivity contribution in [1.29, 1.82) is 0 Å². The first kappa shape index (κ1) is 21.2. The Kier molecular flexibility index (Phi) is 5.94. The van der Waals surface area contributed by atoms with Crippen molar-refractivity contribution in [3.8, 4) is 17.2 Å². The molecule has 0 saturated carbocycles. The standard InChI is InChI=1S/C26H25N3O3/c1-17-12-21(18(2)29(17)22-10-7-11-23(15-22)31-3)16-27-28-26(30)24-13-19-8-5-6-9-20(19)14-25(24)32-4/h5-16H,1-4H3,(H,28,30). The highest BCUT2D eigenvalue weighted by molar-refractivity contribution is 6.02. The highest BCUT2D eigenvalue weighted by Crippen LogP contribution is 2.26. The third-order valence-corrected chi connectivity index (χ3v) is 5.46. The molecule has 4 aromatic rings. The van der Waals surface area contributed by atoms with Gasteiger partial charge in [0.2, 0.25) is 0 Å². The number of carbonyl (C=O) groups is 1. The summed E-state index contributed by atoms with van der Waals surface area (Å²) in [6.07, 6.45) is 1.66. The van der Waals surface area contributed by atoms with Gasteiger partial charge >= 0.3 is 0 Å². The summed E-state index contributed by atoms with van der Waals surface area (Å²) in [6, 6.07) is 21.4. The van der Waals surface area contributed by atoms with Crippen LogP contribution >= 0.6 is 0 Å². The van der Waals surface area contributed by atoms with Gasteiger partial charge in [-0.3, -0.25) is 4.79 Å². The van der Waals surface area contributed by atoms with E-state index in [-0.39, 0.29) is 5.91 Å². The number of fused-ring (bicyclic) bond motifs is 1. The minimum absolute atomic E-state index is 0.328. The van der Waals surface area contributed by atoms with Crippen molar-refractivity contribution in [2.75, 3.05) is 14.2 Å². The minimum atomic E-state index is -0.328. The van der Waals surface area contributed by atoms with Gasteiger partial charge in [-0.2, -0.15) is 5.10 Å². The molecule has 6 nitrogen and oxygen atoms in total. The van der Waals surface area contributed by atoms with Gasteiger partial charge in [0, 0.05) is 28.7 Å². The van der Waals surface area contributed by atoms with Crippen LogP contribution in [0.25, 0.3) is 16.5 Å². The number of carbonyl (C=O) groups excluding carboxylic acids is 1. The van der Waals surface area contributed by atoms with E-state index in [0.717, 1.165) is 39.2 Å². The number of ether oxygens (including phenoxy) is 2. The van der Waals surface area contributed by atoms with Crippen LogP contribution < -0.4 is 14.9 Å². The molecule has 0 atom stereocenters. The van der Waals surface area contributed by atoms with E-state index in [9.17, 15) is 4.79 Å². The third kappa shape index (κ3) is 4.07. The van der Waals surface area contributed by atoms with Crippen LogP contribution in [0, 0.1) is 13.8 Å². The van der Waals surface area contributed by atoms with Crippen LogP contribution in [-0.2, 0) is 0 Å². The Hall–Kier alpha value is -4.06. The largest absolute Gasteiger partial charge is 0.497 e. The Bertz CT molecular complexity index is 1320. The smallest absolute Gasteiger partial charge is 0.275 e.